The lowest BCUT2D eigenvalue weighted by Gasteiger charge is -2.24. The number of nitrogens with zero attached hydrogens (tertiary/aromatic N) is 2. The van der Waals surface area contributed by atoms with E-state index in [0.717, 1.165) is 25.7 Å². The molecular weight excluding hydrogens is 186 g/mol. The van der Waals surface area contributed by atoms with Gasteiger partial charge in [-0.25, -0.2) is 0 Å². The average molecular weight is 209 g/mol. The molecule has 1 atom stereocenters. The zero-order chi connectivity index (χ0) is 11.1. The van der Waals surface area contributed by atoms with Crippen LogP contribution < -0.4 is 5.32 Å². The van der Waals surface area contributed by atoms with Crippen LogP contribution in [0, 0.1) is 17.2 Å². The molecule has 1 saturated carbocycles. The van der Waals surface area contributed by atoms with Gasteiger partial charge in [0, 0.05) is 25.7 Å². The molecule has 0 bridgehead atoms. The van der Waals surface area contributed by atoms with Gasteiger partial charge >= 0.3 is 0 Å². The monoisotopic (exact) mass is 209 g/mol. The van der Waals surface area contributed by atoms with Crippen LogP contribution in [0.3, 0.4) is 0 Å². The van der Waals surface area contributed by atoms with E-state index in [0.29, 0.717) is 0 Å². The molecule has 1 unspecified atom stereocenters. The minimum Gasteiger partial charge on any atom is -0.314 e. The van der Waals surface area contributed by atoms with Gasteiger partial charge in [0.2, 0.25) is 0 Å². The number of hydrogen-bond donors (Lipinski definition) is 1. The first kappa shape index (κ1) is 12.5. The van der Waals surface area contributed by atoms with Crippen LogP contribution in [0.15, 0.2) is 0 Å². The van der Waals surface area contributed by atoms with E-state index in [2.05, 4.69) is 23.3 Å². The van der Waals surface area contributed by atoms with Crippen LogP contribution in [-0.4, -0.2) is 37.6 Å². The Morgan fingerprint density at radius 1 is 1.47 bits per heavy atom. The highest BCUT2D eigenvalue weighted by atomic mass is 15.1. The van der Waals surface area contributed by atoms with Gasteiger partial charge in [0.05, 0.1) is 12.0 Å². The predicted molar refractivity (Wildman–Crippen MR) is 62.5 cm³/mol. The molecule has 1 aliphatic rings. The number of rotatable bonds is 6. The van der Waals surface area contributed by atoms with Gasteiger partial charge in [0.15, 0.2) is 0 Å². The fourth-order valence-electron chi connectivity index (χ4n) is 2.15. The van der Waals surface area contributed by atoms with E-state index in [-0.39, 0.29) is 5.92 Å². The van der Waals surface area contributed by atoms with Crippen molar-refractivity contribution in [1.82, 2.24) is 10.2 Å². The highest BCUT2D eigenvalue weighted by molar-refractivity contribution is 4.80. The fourth-order valence-corrected chi connectivity index (χ4v) is 2.15. The van der Waals surface area contributed by atoms with Crippen molar-refractivity contribution >= 4 is 0 Å². The van der Waals surface area contributed by atoms with Crippen molar-refractivity contribution in [1.29, 1.82) is 5.26 Å². The van der Waals surface area contributed by atoms with Crippen LogP contribution in [0.25, 0.3) is 0 Å². The lowest BCUT2D eigenvalue weighted by atomic mass is 10.2. The molecule has 1 aliphatic carbocycles. The molecule has 0 aromatic rings. The second kappa shape index (κ2) is 6.81. The predicted octanol–water partition coefficient (Wildman–Crippen LogP) is 1.61. The smallest absolute Gasteiger partial charge is 0.0666 e. The fraction of sp³-hybridized carbons (Fsp3) is 0.917. The largest absolute Gasteiger partial charge is 0.314 e. The number of nitriles is 1. The van der Waals surface area contributed by atoms with Crippen molar-refractivity contribution in [3.63, 3.8) is 0 Å². The lowest BCUT2D eigenvalue weighted by molar-refractivity contribution is 0.245. The summed E-state index contributed by atoms with van der Waals surface area (Å²) in [5.74, 6) is 0.127. The third-order valence-electron chi connectivity index (χ3n) is 3.26. The van der Waals surface area contributed by atoms with Crippen LogP contribution in [0.1, 0.15) is 32.6 Å². The van der Waals surface area contributed by atoms with Gasteiger partial charge < -0.3 is 10.2 Å². The molecule has 0 radical (unpaired) electrons. The van der Waals surface area contributed by atoms with Gasteiger partial charge in [-0.05, 0) is 26.8 Å². The van der Waals surface area contributed by atoms with Crippen molar-refractivity contribution in [2.75, 3.05) is 26.7 Å². The first-order valence-electron chi connectivity index (χ1n) is 6.04. The lowest BCUT2D eigenvalue weighted by Crippen LogP contribution is -2.36. The third-order valence-corrected chi connectivity index (χ3v) is 3.26. The quantitative estimate of drug-likeness (QED) is 0.676. The molecule has 15 heavy (non-hydrogen) atoms. The van der Waals surface area contributed by atoms with Gasteiger partial charge in [0.25, 0.3) is 0 Å². The van der Waals surface area contributed by atoms with Gasteiger partial charge in [-0.2, -0.15) is 5.26 Å². The van der Waals surface area contributed by atoms with E-state index in [1.54, 1.807) is 0 Å². The van der Waals surface area contributed by atoms with Crippen molar-refractivity contribution in [3.8, 4) is 6.07 Å². The van der Waals surface area contributed by atoms with E-state index in [4.69, 9.17) is 5.26 Å². The van der Waals surface area contributed by atoms with Crippen LogP contribution in [0.4, 0.5) is 0 Å². The first-order valence-corrected chi connectivity index (χ1v) is 6.04. The maximum Gasteiger partial charge on any atom is 0.0666 e. The molecule has 0 saturated heterocycles. The summed E-state index contributed by atoms with van der Waals surface area (Å²) in [6.45, 7) is 4.87. The molecule has 0 heterocycles. The van der Waals surface area contributed by atoms with Gasteiger partial charge in [-0.3, -0.25) is 0 Å². The molecule has 3 heteroatoms. The summed E-state index contributed by atoms with van der Waals surface area (Å²) < 4.78 is 0. The summed E-state index contributed by atoms with van der Waals surface area (Å²) in [5.41, 5.74) is 0. The highest BCUT2D eigenvalue weighted by Gasteiger charge is 2.18. The van der Waals surface area contributed by atoms with Crippen molar-refractivity contribution in [2.45, 2.75) is 38.6 Å². The summed E-state index contributed by atoms with van der Waals surface area (Å²) in [6, 6.07) is 3.04. The first-order chi connectivity index (χ1) is 7.24. The molecule has 1 fully saturated rings. The Kier molecular flexibility index (Phi) is 5.67. The summed E-state index contributed by atoms with van der Waals surface area (Å²) in [5, 5.41) is 11.9. The van der Waals surface area contributed by atoms with Gasteiger partial charge in [0.1, 0.15) is 0 Å². The molecule has 3 nitrogen and oxygen atoms in total. The summed E-state index contributed by atoms with van der Waals surface area (Å²) in [7, 11) is 2.21. The van der Waals surface area contributed by atoms with E-state index in [1.165, 1.54) is 25.7 Å². The Bertz CT molecular complexity index is 203. The standard InChI is InChI=1S/C12H23N3/c1-11(9-13)10-14-7-8-15(2)12-5-3-4-6-12/h11-12,14H,3-8,10H2,1-2H3. The van der Waals surface area contributed by atoms with E-state index >= 15 is 0 Å². The molecule has 1 N–H and O–H groups in total. The summed E-state index contributed by atoms with van der Waals surface area (Å²) in [6.07, 6.45) is 5.53. The maximum atomic E-state index is 8.62. The van der Waals surface area contributed by atoms with Crippen LogP contribution >= 0.6 is 0 Å². The van der Waals surface area contributed by atoms with E-state index in [9.17, 15) is 0 Å². The topological polar surface area (TPSA) is 39.1 Å². The molecular formula is C12H23N3. The van der Waals surface area contributed by atoms with E-state index in [1.807, 2.05) is 6.92 Å². The Hall–Kier alpha value is -0.590. The molecule has 0 aromatic carbocycles. The van der Waals surface area contributed by atoms with Crippen molar-refractivity contribution in [3.05, 3.63) is 0 Å². The third kappa shape index (κ3) is 4.63. The van der Waals surface area contributed by atoms with E-state index < -0.39 is 0 Å². The second-order valence-electron chi connectivity index (χ2n) is 4.65. The second-order valence-corrected chi connectivity index (χ2v) is 4.65. The molecule has 86 valence electrons. The van der Waals surface area contributed by atoms with Crippen LogP contribution in [0.2, 0.25) is 0 Å². The Balaban J connectivity index is 2.02. The number of hydrogen-bond acceptors (Lipinski definition) is 3. The highest BCUT2D eigenvalue weighted by Crippen LogP contribution is 2.21. The molecule has 0 aromatic heterocycles. The van der Waals surface area contributed by atoms with Gasteiger partial charge in [-0.15, -0.1) is 0 Å². The summed E-state index contributed by atoms with van der Waals surface area (Å²) in [4.78, 5) is 2.46. The average Bonchev–Trinajstić information content (AvgIpc) is 2.77. The molecule has 0 amide bonds. The van der Waals surface area contributed by atoms with Crippen molar-refractivity contribution in [2.24, 2.45) is 5.92 Å². The minimum atomic E-state index is 0.127. The number of nitrogens with one attached hydrogen (secondary N) is 1. The van der Waals surface area contributed by atoms with Gasteiger partial charge in [-0.1, -0.05) is 12.8 Å². The van der Waals surface area contributed by atoms with Crippen molar-refractivity contribution < 1.29 is 0 Å². The normalized spacial score (nSPS) is 19.3. The zero-order valence-corrected chi connectivity index (χ0v) is 10.00. The summed E-state index contributed by atoms with van der Waals surface area (Å²) >= 11 is 0. The Labute approximate surface area is 93.5 Å². The minimum absolute atomic E-state index is 0.127. The SMILES string of the molecule is CC(C#N)CNCCN(C)C1CCCC1. The molecule has 1 rings (SSSR count). The number of likely N-dealkylation sites (N-methyl/N-ethyl adjacent to an activating group) is 1. The molecule has 0 aliphatic heterocycles. The Morgan fingerprint density at radius 2 is 2.13 bits per heavy atom. The maximum absolute atomic E-state index is 8.62. The van der Waals surface area contributed by atoms with Crippen LogP contribution in [-0.2, 0) is 0 Å². The molecule has 0 spiro atoms. The Morgan fingerprint density at radius 3 is 2.73 bits per heavy atom. The zero-order valence-electron chi connectivity index (χ0n) is 10.00. The van der Waals surface area contributed by atoms with Crippen LogP contribution in [0.5, 0.6) is 0 Å².